The maximum Gasteiger partial charge on any atom is 0.472 e. The van der Waals surface area contributed by atoms with E-state index in [0.29, 0.717) is 12.8 Å². The van der Waals surface area contributed by atoms with Crippen molar-refractivity contribution in [3.05, 3.63) is 24.3 Å². The summed E-state index contributed by atoms with van der Waals surface area (Å²) in [6.45, 7) is 2.37. The van der Waals surface area contributed by atoms with Crippen LogP contribution in [0.15, 0.2) is 24.3 Å². The summed E-state index contributed by atoms with van der Waals surface area (Å²) in [5, 5.41) is 18.3. The molecule has 0 spiro atoms. The van der Waals surface area contributed by atoms with Crippen LogP contribution in [0.3, 0.4) is 0 Å². The molecule has 0 radical (unpaired) electrons. The normalized spacial score (nSPS) is 14.1. The zero-order chi connectivity index (χ0) is 40.5. The fourth-order valence-corrected chi connectivity index (χ4v) is 6.89. The monoisotopic (exact) mass is 803 g/mol. The molecule has 0 aliphatic carbocycles. The average molecular weight is 803 g/mol. The SMILES string of the molecule is CCCCCCCC/C=C\CCCCCCCCCC(=O)OC[C@H](COP(=O)(O)OC[C@@H](O)CO)OC(=O)CCCCCCC/C=C\CCCCCCCC. The first-order valence-electron chi connectivity index (χ1n) is 22.3. The van der Waals surface area contributed by atoms with Crippen molar-refractivity contribution in [2.24, 2.45) is 0 Å². The molecule has 0 aromatic carbocycles. The van der Waals surface area contributed by atoms with Crippen molar-refractivity contribution in [1.29, 1.82) is 0 Å². The van der Waals surface area contributed by atoms with Gasteiger partial charge < -0.3 is 24.6 Å². The average Bonchev–Trinajstić information content (AvgIpc) is 3.17. The predicted molar refractivity (Wildman–Crippen MR) is 224 cm³/mol. The zero-order valence-electron chi connectivity index (χ0n) is 35.2. The summed E-state index contributed by atoms with van der Waals surface area (Å²) in [4.78, 5) is 35.0. The Bertz CT molecular complexity index is 972. The van der Waals surface area contributed by atoms with E-state index in [9.17, 15) is 24.2 Å². The smallest absolute Gasteiger partial charge is 0.462 e. The molecule has 0 aromatic rings. The molecule has 0 heterocycles. The lowest BCUT2D eigenvalue weighted by Crippen LogP contribution is -2.29. The first kappa shape index (κ1) is 53.5. The van der Waals surface area contributed by atoms with Crippen LogP contribution in [0.25, 0.3) is 0 Å². The molecule has 55 heavy (non-hydrogen) atoms. The first-order valence-corrected chi connectivity index (χ1v) is 23.8. The summed E-state index contributed by atoms with van der Waals surface area (Å²) in [6.07, 6.45) is 39.9. The van der Waals surface area contributed by atoms with Crippen LogP contribution in [0.2, 0.25) is 0 Å². The molecular weight excluding hydrogens is 719 g/mol. The van der Waals surface area contributed by atoms with Gasteiger partial charge in [0.1, 0.15) is 12.7 Å². The number of hydrogen-bond donors (Lipinski definition) is 3. The number of carbonyl (C=O) groups excluding carboxylic acids is 2. The molecule has 11 heteroatoms. The lowest BCUT2D eigenvalue weighted by atomic mass is 10.1. The molecule has 3 N–H and O–H groups in total. The summed E-state index contributed by atoms with van der Waals surface area (Å²) >= 11 is 0. The van der Waals surface area contributed by atoms with E-state index in [2.05, 4.69) is 38.2 Å². The molecule has 0 saturated carbocycles. The van der Waals surface area contributed by atoms with Gasteiger partial charge in [0.05, 0.1) is 19.8 Å². The number of phosphoric acid groups is 1. The van der Waals surface area contributed by atoms with Crippen molar-refractivity contribution in [2.45, 2.75) is 219 Å². The van der Waals surface area contributed by atoms with Gasteiger partial charge >= 0.3 is 19.8 Å². The van der Waals surface area contributed by atoms with Crippen molar-refractivity contribution >= 4 is 19.8 Å². The molecule has 10 nitrogen and oxygen atoms in total. The van der Waals surface area contributed by atoms with Gasteiger partial charge in [-0.1, -0.05) is 154 Å². The molecule has 0 bridgehead atoms. The van der Waals surface area contributed by atoms with Crippen molar-refractivity contribution in [1.82, 2.24) is 0 Å². The highest BCUT2D eigenvalue weighted by Crippen LogP contribution is 2.43. The second-order valence-electron chi connectivity index (χ2n) is 15.1. The minimum absolute atomic E-state index is 0.175. The minimum Gasteiger partial charge on any atom is -0.462 e. The summed E-state index contributed by atoms with van der Waals surface area (Å²) < 4.78 is 32.7. The summed E-state index contributed by atoms with van der Waals surface area (Å²) in [5.41, 5.74) is 0. The van der Waals surface area contributed by atoms with E-state index >= 15 is 0 Å². The molecule has 0 fully saturated rings. The van der Waals surface area contributed by atoms with Gasteiger partial charge in [0.15, 0.2) is 6.10 Å². The van der Waals surface area contributed by atoms with Crippen molar-refractivity contribution in [3.63, 3.8) is 0 Å². The number of aliphatic hydroxyl groups is 2. The fraction of sp³-hybridized carbons (Fsp3) is 0.864. The topological polar surface area (TPSA) is 149 Å². The van der Waals surface area contributed by atoms with Crippen molar-refractivity contribution < 1.29 is 47.8 Å². The van der Waals surface area contributed by atoms with Crippen LogP contribution in [0.4, 0.5) is 0 Å². The van der Waals surface area contributed by atoms with Crippen LogP contribution in [0.5, 0.6) is 0 Å². The number of unbranched alkanes of at least 4 members (excludes halogenated alkanes) is 24. The van der Waals surface area contributed by atoms with E-state index in [-0.39, 0.29) is 19.4 Å². The minimum atomic E-state index is -4.62. The number of rotatable bonds is 42. The van der Waals surface area contributed by atoms with Gasteiger partial charge in [0.25, 0.3) is 0 Å². The molecule has 1 unspecified atom stereocenters. The second-order valence-corrected chi connectivity index (χ2v) is 16.5. The zero-order valence-corrected chi connectivity index (χ0v) is 36.0. The van der Waals surface area contributed by atoms with Crippen LogP contribution >= 0.6 is 7.82 Å². The molecule has 3 atom stereocenters. The maximum atomic E-state index is 12.6. The Balaban J connectivity index is 4.28. The van der Waals surface area contributed by atoms with Crippen LogP contribution in [-0.2, 0) is 32.7 Å². The number of hydrogen-bond acceptors (Lipinski definition) is 9. The number of carbonyl (C=O) groups is 2. The lowest BCUT2D eigenvalue weighted by molar-refractivity contribution is -0.161. The van der Waals surface area contributed by atoms with Crippen LogP contribution in [0.1, 0.15) is 206 Å². The number of aliphatic hydroxyl groups excluding tert-OH is 2. The lowest BCUT2D eigenvalue weighted by Gasteiger charge is -2.20. The third-order valence-electron chi connectivity index (χ3n) is 9.58. The molecule has 0 aromatic heterocycles. The van der Waals surface area contributed by atoms with Crippen LogP contribution < -0.4 is 0 Å². The van der Waals surface area contributed by atoms with Gasteiger partial charge in [0, 0.05) is 12.8 Å². The van der Waals surface area contributed by atoms with Crippen molar-refractivity contribution in [2.75, 3.05) is 26.4 Å². The van der Waals surface area contributed by atoms with E-state index in [1.54, 1.807) is 0 Å². The van der Waals surface area contributed by atoms with E-state index < -0.39 is 51.8 Å². The third-order valence-corrected chi connectivity index (χ3v) is 10.5. The summed E-state index contributed by atoms with van der Waals surface area (Å²) in [5.74, 6) is -0.934. The highest BCUT2D eigenvalue weighted by atomic mass is 31.2. The standard InChI is InChI=1S/C44H83O10P/c1-3-5-7-9-11-13-15-17-19-20-22-23-25-27-29-31-33-35-43(47)51-39-42(40-53-55(49,50)52-38-41(46)37-45)54-44(48)36-34-32-30-28-26-24-21-18-16-14-12-10-8-6-4-2/h17-19,21,41-42,45-46H,3-16,20,22-40H2,1-2H3,(H,49,50)/b19-17-,21-18-/t41-,42+/m0/s1. The number of ether oxygens (including phenoxy) is 2. The van der Waals surface area contributed by atoms with E-state index in [1.165, 1.54) is 103 Å². The van der Waals surface area contributed by atoms with E-state index in [4.69, 9.17) is 23.6 Å². The highest BCUT2D eigenvalue weighted by Gasteiger charge is 2.27. The van der Waals surface area contributed by atoms with Crippen LogP contribution in [0, 0.1) is 0 Å². The fourth-order valence-electron chi connectivity index (χ4n) is 6.10. The van der Waals surface area contributed by atoms with Crippen LogP contribution in [-0.4, -0.2) is 65.7 Å². The molecule has 324 valence electrons. The second kappa shape index (κ2) is 40.6. The predicted octanol–water partition coefficient (Wildman–Crippen LogP) is 11.8. The number of phosphoric ester groups is 1. The summed E-state index contributed by atoms with van der Waals surface area (Å²) in [7, 11) is -4.62. The van der Waals surface area contributed by atoms with Gasteiger partial charge in [-0.25, -0.2) is 4.57 Å². The van der Waals surface area contributed by atoms with Crippen molar-refractivity contribution in [3.8, 4) is 0 Å². The third kappa shape index (κ3) is 40.4. The summed E-state index contributed by atoms with van der Waals surface area (Å²) in [6, 6.07) is 0. The molecule has 0 rings (SSSR count). The van der Waals surface area contributed by atoms with Gasteiger partial charge in [-0.15, -0.1) is 0 Å². The molecular formula is C44H83O10P. The Labute approximate surface area is 336 Å². The van der Waals surface area contributed by atoms with Gasteiger partial charge in [0.2, 0.25) is 0 Å². The molecule has 0 aliphatic heterocycles. The Kier molecular flexibility index (Phi) is 39.5. The van der Waals surface area contributed by atoms with E-state index in [0.717, 1.165) is 64.2 Å². The molecule has 0 saturated heterocycles. The largest absolute Gasteiger partial charge is 0.472 e. The molecule has 0 amide bonds. The van der Waals surface area contributed by atoms with Gasteiger partial charge in [-0.05, 0) is 64.2 Å². The Morgan fingerprint density at radius 1 is 0.527 bits per heavy atom. The van der Waals surface area contributed by atoms with E-state index in [1.807, 2.05) is 0 Å². The van der Waals surface area contributed by atoms with Gasteiger partial charge in [-0.3, -0.25) is 18.6 Å². The Morgan fingerprint density at radius 3 is 1.31 bits per heavy atom. The highest BCUT2D eigenvalue weighted by molar-refractivity contribution is 7.47. The maximum absolute atomic E-state index is 12.6. The number of esters is 2. The van der Waals surface area contributed by atoms with Gasteiger partial charge in [-0.2, -0.15) is 0 Å². The first-order chi connectivity index (χ1) is 26.7. The Hall–Kier alpha value is -1.55. The Morgan fingerprint density at radius 2 is 0.891 bits per heavy atom. The number of allylic oxidation sites excluding steroid dienone is 4. The quantitative estimate of drug-likeness (QED) is 0.0236. The molecule has 0 aliphatic rings.